The van der Waals surface area contributed by atoms with Crippen molar-refractivity contribution in [3.63, 3.8) is 0 Å². The number of hydrogen-bond donors (Lipinski definition) is 1. The molecule has 0 amide bonds. The molecule has 1 aromatic carbocycles. The summed E-state index contributed by atoms with van der Waals surface area (Å²) in [5, 5.41) is 8.44. The highest BCUT2D eigenvalue weighted by Gasteiger charge is 2.13. The van der Waals surface area contributed by atoms with E-state index in [1.807, 2.05) is 12.1 Å². The second-order valence-corrected chi connectivity index (χ2v) is 6.16. The normalized spacial score (nSPS) is 11.2. The molecule has 21 heavy (non-hydrogen) atoms. The number of aliphatic carboxylic acids is 1. The lowest BCUT2D eigenvalue weighted by Crippen LogP contribution is -2.11. The molecule has 0 atom stereocenters. The predicted octanol–water partition coefficient (Wildman–Crippen LogP) is 3.58. The standard InChI is InChI=1S/C17H24O4/c1-17(2,3)13-8-10-14(11-9-13)21-12-6-4-5-7-15(18)16(19)20/h8-11H,4-7,12H2,1-3H3,(H,19,20). The van der Waals surface area contributed by atoms with Crippen LogP contribution in [0.4, 0.5) is 0 Å². The first-order valence-electron chi connectivity index (χ1n) is 7.30. The SMILES string of the molecule is CC(C)(C)c1ccc(OCCCCCC(=O)C(=O)O)cc1. The molecule has 1 aromatic rings. The molecule has 0 saturated heterocycles. The highest BCUT2D eigenvalue weighted by Crippen LogP contribution is 2.24. The van der Waals surface area contributed by atoms with E-state index in [2.05, 4.69) is 32.9 Å². The van der Waals surface area contributed by atoms with Crippen LogP contribution in [0.25, 0.3) is 0 Å². The second-order valence-electron chi connectivity index (χ2n) is 6.16. The lowest BCUT2D eigenvalue weighted by molar-refractivity contribution is -0.149. The monoisotopic (exact) mass is 292 g/mol. The van der Waals surface area contributed by atoms with Crippen LogP contribution in [0.5, 0.6) is 5.75 Å². The van der Waals surface area contributed by atoms with Crippen LogP contribution in [-0.4, -0.2) is 23.5 Å². The Morgan fingerprint density at radius 1 is 1.05 bits per heavy atom. The molecule has 116 valence electrons. The van der Waals surface area contributed by atoms with Crippen LogP contribution < -0.4 is 4.74 Å². The number of rotatable bonds is 8. The molecule has 0 bridgehead atoms. The van der Waals surface area contributed by atoms with E-state index >= 15 is 0 Å². The molecule has 0 aliphatic heterocycles. The van der Waals surface area contributed by atoms with Crippen LogP contribution in [-0.2, 0) is 15.0 Å². The summed E-state index contributed by atoms with van der Waals surface area (Å²) in [7, 11) is 0. The summed E-state index contributed by atoms with van der Waals surface area (Å²) in [6, 6.07) is 8.07. The highest BCUT2D eigenvalue weighted by atomic mass is 16.5. The van der Waals surface area contributed by atoms with Gasteiger partial charge >= 0.3 is 5.97 Å². The summed E-state index contributed by atoms with van der Waals surface area (Å²) in [5.41, 5.74) is 1.40. The summed E-state index contributed by atoms with van der Waals surface area (Å²) >= 11 is 0. The summed E-state index contributed by atoms with van der Waals surface area (Å²) in [6.07, 6.45) is 2.31. The number of Topliss-reactive ketones (excluding diaryl/α,β-unsaturated/α-hetero) is 1. The zero-order chi connectivity index (χ0) is 15.9. The van der Waals surface area contributed by atoms with Gasteiger partial charge in [0.25, 0.3) is 0 Å². The maximum Gasteiger partial charge on any atom is 0.372 e. The van der Waals surface area contributed by atoms with E-state index in [4.69, 9.17) is 9.84 Å². The molecule has 4 heteroatoms. The molecule has 1 rings (SSSR count). The van der Waals surface area contributed by atoms with Gasteiger partial charge in [-0.2, -0.15) is 0 Å². The Morgan fingerprint density at radius 2 is 1.67 bits per heavy atom. The lowest BCUT2D eigenvalue weighted by Gasteiger charge is -2.19. The number of hydrogen-bond acceptors (Lipinski definition) is 3. The van der Waals surface area contributed by atoms with Crippen LogP contribution in [0.2, 0.25) is 0 Å². The molecule has 0 aromatic heterocycles. The Bertz CT molecular complexity index is 469. The summed E-state index contributed by atoms with van der Waals surface area (Å²) in [4.78, 5) is 21.2. The highest BCUT2D eigenvalue weighted by molar-refractivity contribution is 6.32. The molecule has 0 unspecified atom stereocenters. The van der Waals surface area contributed by atoms with Gasteiger partial charge in [-0.25, -0.2) is 4.79 Å². The summed E-state index contributed by atoms with van der Waals surface area (Å²) < 4.78 is 5.63. The molecule has 0 aliphatic carbocycles. The zero-order valence-electron chi connectivity index (χ0n) is 13.0. The molecule has 0 spiro atoms. The van der Waals surface area contributed by atoms with Gasteiger partial charge in [0.15, 0.2) is 0 Å². The van der Waals surface area contributed by atoms with Gasteiger partial charge in [-0.1, -0.05) is 32.9 Å². The number of benzene rings is 1. The predicted molar refractivity (Wildman–Crippen MR) is 81.7 cm³/mol. The van der Waals surface area contributed by atoms with Gasteiger partial charge in [0.1, 0.15) is 5.75 Å². The molecule has 0 radical (unpaired) electrons. The smallest absolute Gasteiger partial charge is 0.372 e. The first kappa shape index (κ1) is 17.2. The van der Waals surface area contributed by atoms with Crippen molar-refractivity contribution in [1.29, 1.82) is 0 Å². The van der Waals surface area contributed by atoms with Gasteiger partial charge in [-0.3, -0.25) is 4.79 Å². The Hall–Kier alpha value is -1.84. The maximum absolute atomic E-state index is 10.9. The first-order valence-corrected chi connectivity index (χ1v) is 7.30. The van der Waals surface area contributed by atoms with E-state index in [1.54, 1.807) is 0 Å². The second kappa shape index (κ2) is 7.81. The van der Waals surface area contributed by atoms with Crippen molar-refractivity contribution >= 4 is 11.8 Å². The summed E-state index contributed by atoms with van der Waals surface area (Å²) in [6.45, 7) is 7.08. The van der Waals surface area contributed by atoms with Crippen molar-refractivity contribution in [2.75, 3.05) is 6.61 Å². The van der Waals surface area contributed by atoms with Crippen molar-refractivity contribution in [1.82, 2.24) is 0 Å². The Labute approximate surface area is 126 Å². The average Bonchev–Trinajstić information content (AvgIpc) is 2.41. The molecule has 0 saturated carbocycles. The number of carboxylic acids is 1. The topological polar surface area (TPSA) is 63.6 Å². The van der Waals surface area contributed by atoms with Crippen LogP contribution in [0.3, 0.4) is 0 Å². The largest absolute Gasteiger partial charge is 0.494 e. The van der Waals surface area contributed by atoms with Crippen LogP contribution in [0, 0.1) is 0 Å². The van der Waals surface area contributed by atoms with Gasteiger partial charge in [0.2, 0.25) is 5.78 Å². The van der Waals surface area contributed by atoms with E-state index < -0.39 is 11.8 Å². The third kappa shape index (κ3) is 6.43. The minimum atomic E-state index is -1.34. The van der Waals surface area contributed by atoms with Gasteiger partial charge in [-0.05, 0) is 42.4 Å². The van der Waals surface area contributed by atoms with Crippen molar-refractivity contribution in [2.45, 2.75) is 51.9 Å². The van der Waals surface area contributed by atoms with E-state index in [0.717, 1.165) is 18.6 Å². The van der Waals surface area contributed by atoms with E-state index in [0.29, 0.717) is 13.0 Å². The Balaban J connectivity index is 2.21. The molecule has 0 heterocycles. The van der Waals surface area contributed by atoms with Crippen molar-refractivity contribution in [3.8, 4) is 5.75 Å². The molecule has 4 nitrogen and oxygen atoms in total. The quantitative estimate of drug-likeness (QED) is 0.587. The van der Waals surface area contributed by atoms with Crippen molar-refractivity contribution in [2.24, 2.45) is 0 Å². The first-order chi connectivity index (χ1) is 9.80. The summed E-state index contributed by atoms with van der Waals surface area (Å²) in [5.74, 6) is -1.22. The number of ketones is 1. The average molecular weight is 292 g/mol. The van der Waals surface area contributed by atoms with E-state index in [-0.39, 0.29) is 11.8 Å². The molecule has 0 fully saturated rings. The fourth-order valence-electron chi connectivity index (χ4n) is 1.91. The van der Waals surface area contributed by atoms with E-state index in [9.17, 15) is 9.59 Å². The lowest BCUT2D eigenvalue weighted by atomic mass is 9.87. The minimum absolute atomic E-state index is 0.107. The van der Waals surface area contributed by atoms with E-state index in [1.165, 1.54) is 5.56 Å². The number of unbranched alkanes of at least 4 members (excludes halogenated alkanes) is 2. The zero-order valence-corrected chi connectivity index (χ0v) is 13.0. The van der Waals surface area contributed by atoms with Gasteiger partial charge < -0.3 is 9.84 Å². The minimum Gasteiger partial charge on any atom is -0.494 e. The number of carboxylic acid groups (broad SMARTS) is 1. The maximum atomic E-state index is 10.9. The fraction of sp³-hybridized carbons (Fsp3) is 0.529. The van der Waals surface area contributed by atoms with Gasteiger partial charge in [0.05, 0.1) is 6.61 Å². The van der Waals surface area contributed by atoms with Crippen molar-refractivity contribution in [3.05, 3.63) is 29.8 Å². The number of ether oxygens (including phenoxy) is 1. The van der Waals surface area contributed by atoms with Crippen LogP contribution in [0.1, 0.15) is 52.0 Å². The third-order valence-corrected chi connectivity index (χ3v) is 3.28. The number of carbonyl (C=O) groups is 2. The molecular formula is C17H24O4. The fourth-order valence-corrected chi connectivity index (χ4v) is 1.91. The molecular weight excluding hydrogens is 268 g/mol. The molecule has 1 N–H and O–H groups in total. The Kier molecular flexibility index (Phi) is 6.40. The van der Waals surface area contributed by atoms with Crippen LogP contribution >= 0.6 is 0 Å². The third-order valence-electron chi connectivity index (χ3n) is 3.28. The Morgan fingerprint density at radius 3 is 2.19 bits per heavy atom. The van der Waals surface area contributed by atoms with Gasteiger partial charge in [0, 0.05) is 6.42 Å². The van der Waals surface area contributed by atoms with Crippen molar-refractivity contribution < 1.29 is 19.4 Å². The van der Waals surface area contributed by atoms with Crippen LogP contribution in [0.15, 0.2) is 24.3 Å². The molecule has 0 aliphatic rings. The van der Waals surface area contributed by atoms with Gasteiger partial charge in [-0.15, -0.1) is 0 Å². The number of carbonyl (C=O) groups excluding carboxylic acids is 1.